The standard InChI is InChI=1S/C19H14N2OS/c22-19(16-10-5-2-6-11-16)18(15-8-3-1-4-9-15)21-20-14-17-12-7-13-23-17/h1-14H. The quantitative estimate of drug-likeness (QED) is 0.389. The molecule has 0 N–H and O–H groups in total. The Balaban J connectivity index is 1.96. The zero-order chi connectivity index (χ0) is 15.9. The number of ketones is 1. The molecular weight excluding hydrogens is 304 g/mol. The number of rotatable bonds is 5. The van der Waals surface area contributed by atoms with E-state index in [2.05, 4.69) is 10.2 Å². The number of carbonyl (C=O) groups excluding carboxylic acids is 1. The average molecular weight is 318 g/mol. The summed E-state index contributed by atoms with van der Waals surface area (Å²) in [5, 5.41) is 10.2. The molecule has 1 aromatic heterocycles. The zero-order valence-corrected chi connectivity index (χ0v) is 13.1. The summed E-state index contributed by atoms with van der Waals surface area (Å²) >= 11 is 1.57. The van der Waals surface area contributed by atoms with Crippen LogP contribution in [0.15, 0.2) is 88.4 Å². The van der Waals surface area contributed by atoms with E-state index in [1.165, 1.54) is 0 Å². The molecule has 0 radical (unpaired) electrons. The van der Waals surface area contributed by atoms with Crippen molar-refractivity contribution >= 4 is 29.0 Å². The smallest absolute Gasteiger partial charge is 0.213 e. The van der Waals surface area contributed by atoms with Crippen LogP contribution in [0.1, 0.15) is 20.8 Å². The second-order valence-corrected chi connectivity index (χ2v) is 5.75. The van der Waals surface area contributed by atoms with Gasteiger partial charge in [-0.1, -0.05) is 66.7 Å². The Bertz CT molecular complexity index is 822. The van der Waals surface area contributed by atoms with Crippen molar-refractivity contribution in [3.8, 4) is 0 Å². The summed E-state index contributed by atoms with van der Waals surface area (Å²) in [4.78, 5) is 13.7. The SMILES string of the molecule is O=C(C(=NN=Cc1cccs1)c1ccccc1)c1ccccc1. The monoisotopic (exact) mass is 318 g/mol. The third-order valence-electron chi connectivity index (χ3n) is 3.18. The normalized spacial score (nSPS) is 11.7. The highest BCUT2D eigenvalue weighted by molar-refractivity contribution is 7.11. The van der Waals surface area contributed by atoms with Gasteiger partial charge in [-0.2, -0.15) is 5.10 Å². The highest BCUT2D eigenvalue weighted by Gasteiger charge is 2.15. The average Bonchev–Trinajstić information content (AvgIpc) is 3.13. The van der Waals surface area contributed by atoms with Crippen molar-refractivity contribution < 1.29 is 4.79 Å². The molecule has 1 heterocycles. The Hall–Kier alpha value is -2.85. The Morgan fingerprint density at radius 2 is 1.48 bits per heavy atom. The topological polar surface area (TPSA) is 41.8 Å². The third-order valence-corrected chi connectivity index (χ3v) is 3.99. The Labute approximate surface area is 138 Å². The molecule has 0 fully saturated rings. The lowest BCUT2D eigenvalue weighted by Gasteiger charge is -2.04. The summed E-state index contributed by atoms with van der Waals surface area (Å²) in [6.45, 7) is 0. The lowest BCUT2D eigenvalue weighted by Crippen LogP contribution is -2.15. The van der Waals surface area contributed by atoms with Gasteiger partial charge in [0.25, 0.3) is 0 Å². The predicted octanol–water partition coefficient (Wildman–Crippen LogP) is 4.45. The number of benzene rings is 2. The van der Waals surface area contributed by atoms with Crippen LogP contribution in [0, 0.1) is 0 Å². The lowest BCUT2D eigenvalue weighted by atomic mass is 10.0. The molecule has 4 heteroatoms. The molecule has 2 aromatic carbocycles. The summed E-state index contributed by atoms with van der Waals surface area (Å²) in [5.74, 6) is -0.139. The second kappa shape index (κ2) is 7.42. The maximum atomic E-state index is 12.7. The van der Waals surface area contributed by atoms with Crippen molar-refractivity contribution in [1.29, 1.82) is 0 Å². The van der Waals surface area contributed by atoms with E-state index in [4.69, 9.17) is 0 Å². The van der Waals surface area contributed by atoms with Gasteiger partial charge in [0, 0.05) is 16.0 Å². The van der Waals surface area contributed by atoms with Gasteiger partial charge in [-0.05, 0) is 11.4 Å². The van der Waals surface area contributed by atoms with Gasteiger partial charge >= 0.3 is 0 Å². The predicted molar refractivity (Wildman–Crippen MR) is 95.7 cm³/mol. The minimum absolute atomic E-state index is 0.139. The number of hydrogen-bond donors (Lipinski definition) is 0. The van der Waals surface area contributed by atoms with Crippen molar-refractivity contribution in [1.82, 2.24) is 0 Å². The molecule has 0 saturated carbocycles. The summed E-state index contributed by atoms with van der Waals surface area (Å²) in [7, 11) is 0. The Kier molecular flexibility index (Phi) is 4.86. The summed E-state index contributed by atoms with van der Waals surface area (Å²) in [5.41, 5.74) is 1.69. The largest absolute Gasteiger partial charge is 0.287 e. The first-order valence-electron chi connectivity index (χ1n) is 7.14. The van der Waals surface area contributed by atoms with Crippen LogP contribution in [0.5, 0.6) is 0 Å². The Morgan fingerprint density at radius 3 is 2.09 bits per heavy atom. The van der Waals surface area contributed by atoms with Crippen molar-refractivity contribution in [3.05, 3.63) is 94.2 Å². The van der Waals surface area contributed by atoms with Gasteiger partial charge in [-0.25, -0.2) is 0 Å². The molecule has 23 heavy (non-hydrogen) atoms. The van der Waals surface area contributed by atoms with E-state index in [0.717, 1.165) is 10.4 Å². The van der Waals surface area contributed by atoms with E-state index in [9.17, 15) is 4.79 Å². The molecule has 0 aliphatic carbocycles. The number of carbonyl (C=O) groups is 1. The van der Waals surface area contributed by atoms with Crippen molar-refractivity contribution in [3.63, 3.8) is 0 Å². The minimum Gasteiger partial charge on any atom is -0.287 e. The third kappa shape index (κ3) is 3.87. The number of Topliss-reactive ketones (excluding diaryl/α,β-unsaturated/α-hetero) is 1. The second-order valence-electron chi connectivity index (χ2n) is 4.77. The fourth-order valence-electron chi connectivity index (χ4n) is 2.06. The van der Waals surface area contributed by atoms with Gasteiger partial charge in [0.2, 0.25) is 5.78 Å². The van der Waals surface area contributed by atoms with Gasteiger partial charge in [0.1, 0.15) is 5.71 Å². The summed E-state index contributed by atoms with van der Waals surface area (Å²) < 4.78 is 0. The molecular formula is C19H14N2OS. The van der Waals surface area contributed by atoms with Gasteiger partial charge in [-0.15, -0.1) is 16.4 Å². The van der Waals surface area contributed by atoms with Crippen LogP contribution in [0.4, 0.5) is 0 Å². The van der Waals surface area contributed by atoms with Gasteiger partial charge in [0.15, 0.2) is 0 Å². The number of hydrogen-bond acceptors (Lipinski definition) is 4. The van der Waals surface area contributed by atoms with Gasteiger partial charge in [-0.3, -0.25) is 4.79 Å². The first-order valence-corrected chi connectivity index (χ1v) is 8.02. The molecule has 3 nitrogen and oxygen atoms in total. The first-order chi connectivity index (χ1) is 11.3. The molecule has 0 bridgehead atoms. The van der Waals surface area contributed by atoms with Crippen LogP contribution in [0.2, 0.25) is 0 Å². The lowest BCUT2D eigenvalue weighted by molar-refractivity contribution is 0.106. The Morgan fingerprint density at radius 1 is 0.826 bits per heavy atom. The van der Waals surface area contributed by atoms with Crippen LogP contribution in [-0.4, -0.2) is 17.7 Å². The number of thiophene rings is 1. The summed E-state index contributed by atoms with van der Waals surface area (Å²) in [6.07, 6.45) is 1.66. The number of nitrogens with zero attached hydrogens (tertiary/aromatic N) is 2. The van der Waals surface area contributed by atoms with E-state index in [1.807, 2.05) is 66.0 Å². The fraction of sp³-hybridized carbons (Fsp3) is 0. The summed E-state index contributed by atoms with van der Waals surface area (Å²) in [6, 6.07) is 22.4. The van der Waals surface area contributed by atoms with Crippen LogP contribution < -0.4 is 0 Å². The van der Waals surface area contributed by atoms with E-state index in [-0.39, 0.29) is 5.78 Å². The molecule has 0 spiro atoms. The fourth-order valence-corrected chi connectivity index (χ4v) is 2.64. The molecule has 0 aliphatic heterocycles. The molecule has 0 aliphatic rings. The van der Waals surface area contributed by atoms with Crippen molar-refractivity contribution in [2.75, 3.05) is 0 Å². The van der Waals surface area contributed by atoms with E-state index < -0.39 is 0 Å². The highest BCUT2D eigenvalue weighted by Crippen LogP contribution is 2.10. The van der Waals surface area contributed by atoms with Crippen LogP contribution in [0.25, 0.3) is 0 Å². The molecule has 3 aromatic rings. The van der Waals surface area contributed by atoms with E-state index in [1.54, 1.807) is 29.7 Å². The minimum atomic E-state index is -0.139. The van der Waals surface area contributed by atoms with E-state index in [0.29, 0.717) is 11.3 Å². The van der Waals surface area contributed by atoms with Crippen molar-refractivity contribution in [2.45, 2.75) is 0 Å². The van der Waals surface area contributed by atoms with Crippen LogP contribution >= 0.6 is 11.3 Å². The van der Waals surface area contributed by atoms with Gasteiger partial charge in [0.05, 0.1) is 6.21 Å². The zero-order valence-electron chi connectivity index (χ0n) is 12.3. The first kappa shape index (κ1) is 15.1. The molecule has 0 amide bonds. The maximum absolute atomic E-state index is 12.7. The van der Waals surface area contributed by atoms with Crippen LogP contribution in [0.3, 0.4) is 0 Å². The molecule has 112 valence electrons. The molecule has 0 atom stereocenters. The molecule has 3 rings (SSSR count). The van der Waals surface area contributed by atoms with Crippen LogP contribution in [-0.2, 0) is 0 Å². The highest BCUT2D eigenvalue weighted by atomic mass is 32.1. The van der Waals surface area contributed by atoms with Crippen molar-refractivity contribution in [2.24, 2.45) is 10.2 Å². The van der Waals surface area contributed by atoms with Gasteiger partial charge < -0.3 is 0 Å². The van der Waals surface area contributed by atoms with E-state index >= 15 is 0 Å². The maximum Gasteiger partial charge on any atom is 0.213 e. The molecule has 0 unspecified atom stereocenters. The molecule has 0 saturated heterocycles.